The van der Waals surface area contributed by atoms with Gasteiger partial charge in [-0.3, -0.25) is 9.59 Å². The second-order valence-corrected chi connectivity index (χ2v) is 9.54. The Balaban J connectivity index is 2.20. The van der Waals surface area contributed by atoms with Crippen LogP contribution in [0.25, 0.3) is 0 Å². The van der Waals surface area contributed by atoms with Crippen LogP contribution in [0.5, 0.6) is 0 Å². The predicted octanol–water partition coefficient (Wildman–Crippen LogP) is 4.22. The van der Waals surface area contributed by atoms with Crippen molar-refractivity contribution in [1.82, 2.24) is 0 Å². The summed E-state index contributed by atoms with van der Waals surface area (Å²) in [5.41, 5.74) is 1.22. The van der Waals surface area contributed by atoms with Crippen molar-refractivity contribution in [3.63, 3.8) is 0 Å². The lowest BCUT2D eigenvalue weighted by Crippen LogP contribution is -2.37. The molecular formula is C16H27O3P. The molecule has 114 valence electrons. The number of hydrogen-bond donors (Lipinski definition) is 0. The number of aldehydes is 1. The van der Waals surface area contributed by atoms with Crippen LogP contribution in [-0.2, 0) is 14.3 Å². The summed E-state index contributed by atoms with van der Waals surface area (Å²) in [6, 6.07) is 0. The summed E-state index contributed by atoms with van der Waals surface area (Å²) in [6.45, 7) is 2.33. The highest BCUT2D eigenvalue weighted by Crippen LogP contribution is 2.63. The third kappa shape index (κ3) is 3.61. The van der Waals surface area contributed by atoms with Crippen molar-refractivity contribution in [3.8, 4) is 0 Å². The van der Waals surface area contributed by atoms with E-state index in [0.29, 0.717) is 17.8 Å². The van der Waals surface area contributed by atoms with Crippen molar-refractivity contribution in [3.05, 3.63) is 0 Å². The zero-order valence-electron chi connectivity index (χ0n) is 12.6. The van der Waals surface area contributed by atoms with Gasteiger partial charge in [0.15, 0.2) is 11.6 Å². The molecule has 1 atom stereocenters. The third-order valence-corrected chi connectivity index (χ3v) is 8.80. The minimum absolute atomic E-state index is 0.482. The van der Waals surface area contributed by atoms with Crippen LogP contribution in [0.3, 0.4) is 0 Å². The molecule has 2 aliphatic carbocycles. The summed E-state index contributed by atoms with van der Waals surface area (Å²) < 4.78 is 5.33. The van der Waals surface area contributed by atoms with Crippen molar-refractivity contribution < 1.29 is 14.3 Å². The molecule has 3 nitrogen and oxygen atoms in total. The molecule has 2 saturated carbocycles. The van der Waals surface area contributed by atoms with Gasteiger partial charge in [0.2, 0.25) is 0 Å². The maximum Gasteiger partial charge on any atom is 0.294 e. The topological polar surface area (TPSA) is 43.4 Å². The Hall–Kier alpha value is -0.430. The van der Waals surface area contributed by atoms with Gasteiger partial charge < -0.3 is 4.74 Å². The summed E-state index contributed by atoms with van der Waals surface area (Å²) in [6.07, 6.45) is 13.5. The normalized spacial score (nSPS) is 25.1. The molecule has 0 amide bonds. The lowest BCUT2D eigenvalue weighted by Gasteiger charge is -2.44. The van der Waals surface area contributed by atoms with Gasteiger partial charge in [-0.25, -0.2) is 0 Å². The maximum absolute atomic E-state index is 11.7. The van der Waals surface area contributed by atoms with Crippen LogP contribution >= 0.6 is 7.92 Å². The fourth-order valence-corrected chi connectivity index (χ4v) is 8.16. The number of ether oxygens (including phenoxy) is 1. The van der Waals surface area contributed by atoms with Crippen molar-refractivity contribution in [2.75, 3.05) is 0 Å². The minimum Gasteiger partial charge on any atom is -0.449 e. The van der Waals surface area contributed by atoms with Gasteiger partial charge in [-0.05, 0) is 51.8 Å². The van der Waals surface area contributed by atoms with E-state index in [4.69, 9.17) is 4.74 Å². The second kappa shape index (κ2) is 7.54. The van der Waals surface area contributed by atoms with E-state index in [-0.39, 0.29) is 0 Å². The van der Waals surface area contributed by atoms with E-state index in [9.17, 15) is 9.59 Å². The Morgan fingerprint density at radius 1 is 0.900 bits per heavy atom. The van der Waals surface area contributed by atoms with Crippen LogP contribution in [0.15, 0.2) is 0 Å². The molecule has 20 heavy (non-hydrogen) atoms. The summed E-state index contributed by atoms with van der Waals surface area (Å²) in [5, 5.41) is -0.860. The molecule has 0 spiro atoms. The Bertz CT molecular complexity index is 304. The maximum atomic E-state index is 11.7. The van der Waals surface area contributed by atoms with Crippen molar-refractivity contribution in [2.24, 2.45) is 0 Å². The first kappa shape index (κ1) is 15.9. The van der Waals surface area contributed by atoms with Gasteiger partial charge in [-0.1, -0.05) is 38.5 Å². The van der Waals surface area contributed by atoms with Crippen molar-refractivity contribution in [1.29, 1.82) is 0 Å². The Labute approximate surface area is 123 Å². The van der Waals surface area contributed by atoms with E-state index in [1.807, 2.05) is 6.92 Å². The predicted molar refractivity (Wildman–Crippen MR) is 82.3 cm³/mol. The molecular weight excluding hydrogens is 271 g/mol. The fourth-order valence-electron chi connectivity index (χ4n) is 3.99. The fraction of sp³-hybridized carbons (Fsp3) is 0.875. The first-order chi connectivity index (χ1) is 9.71. The Morgan fingerprint density at radius 3 is 1.70 bits per heavy atom. The van der Waals surface area contributed by atoms with Gasteiger partial charge in [0.1, 0.15) is 0 Å². The van der Waals surface area contributed by atoms with Crippen molar-refractivity contribution in [2.45, 2.75) is 87.8 Å². The Kier molecular flexibility index (Phi) is 6.01. The van der Waals surface area contributed by atoms with Gasteiger partial charge in [-0.2, -0.15) is 0 Å². The van der Waals surface area contributed by atoms with Crippen LogP contribution in [0.1, 0.15) is 71.1 Å². The highest BCUT2D eigenvalue weighted by Gasteiger charge is 2.45. The average Bonchev–Trinajstić information content (AvgIpc) is 2.50. The van der Waals surface area contributed by atoms with Crippen LogP contribution in [0, 0.1) is 0 Å². The van der Waals surface area contributed by atoms with Crippen LogP contribution < -0.4 is 0 Å². The van der Waals surface area contributed by atoms with Crippen LogP contribution in [-0.4, -0.2) is 29.4 Å². The SMILES string of the molecule is CC(C=O)(OC=O)P(C1CCCCC1)C1CCCCC1. The summed E-state index contributed by atoms with van der Waals surface area (Å²) in [5.74, 6) is 0. The lowest BCUT2D eigenvalue weighted by molar-refractivity contribution is -0.140. The summed E-state index contributed by atoms with van der Waals surface area (Å²) in [7, 11) is -0.570. The van der Waals surface area contributed by atoms with E-state index >= 15 is 0 Å². The van der Waals surface area contributed by atoms with E-state index in [2.05, 4.69) is 0 Å². The monoisotopic (exact) mass is 298 g/mol. The largest absolute Gasteiger partial charge is 0.449 e. The molecule has 1 unspecified atom stereocenters. The average molecular weight is 298 g/mol. The van der Waals surface area contributed by atoms with Crippen LogP contribution in [0.2, 0.25) is 0 Å². The number of rotatable bonds is 6. The minimum atomic E-state index is -0.860. The molecule has 4 heteroatoms. The zero-order valence-corrected chi connectivity index (χ0v) is 13.4. The number of hydrogen-bond acceptors (Lipinski definition) is 3. The van der Waals surface area contributed by atoms with Crippen LogP contribution in [0.4, 0.5) is 0 Å². The lowest BCUT2D eigenvalue weighted by atomic mass is 9.99. The highest BCUT2D eigenvalue weighted by atomic mass is 31.1. The van der Waals surface area contributed by atoms with Gasteiger partial charge in [0.25, 0.3) is 6.47 Å². The van der Waals surface area contributed by atoms with Gasteiger partial charge in [0, 0.05) is 0 Å². The van der Waals surface area contributed by atoms with Gasteiger partial charge in [-0.15, -0.1) is 0 Å². The smallest absolute Gasteiger partial charge is 0.294 e. The molecule has 0 aromatic carbocycles. The van der Waals surface area contributed by atoms with E-state index in [1.54, 1.807) is 0 Å². The van der Waals surface area contributed by atoms with E-state index in [1.165, 1.54) is 64.2 Å². The molecule has 0 aliphatic heterocycles. The van der Waals surface area contributed by atoms with Gasteiger partial charge >= 0.3 is 0 Å². The molecule has 0 bridgehead atoms. The zero-order chi connectivity index (χ0) is 14.4. The molecule has 0 saturated heterocycles. The molecule has 0 aromatic heterocycles. The molecule has 2 rings (SSSR count). The molecule has 0 radical (unpaired) electrons. The second-order valence-electron chi connectivity index (χ2n) is 6.38. The third-order valence-electron chi connectivity index (χ3n) is 4.95. The number of carbonyl (C=O) groups excluding carboxylic acids is 2. The quantitative estimate of drug-likeness (QED) is 0.544. The number of carbonyl (C=O) groups is 2. The first-order valence-corrected chi connectivity index (χ1v) is 9.55. The Morgan fingerprint density at radius 2 is 1.35 bits per heavy atom. The van der Waals surface area contributed by atoms with E-state index in [0.717, 1.165) is 6.29 Å². The molecule has 2 fully saturated rings. The summed E-state index contributed by atoms with van der Waals surface area (Å²) >= 11 is 0. The summed E-state index contributed by atoms with van der Waals surface area (Å²) in [4.78, 5) is 22.6. The standard InChI is InChI=1S/C16H27O3P/c1-16(12-17,19-13-18)20(14-8-4-2-5-9-14)15-10-6-3-7-11-15/h12-15H,2-11H2,1H3. The highest BCUT2D eigenvalue weighted by molar-refractivity contribution is 7.61. The molecule has 0 N–H and O–H groups in total. The molecule has 0 heterocycles. The van der Waals surface area contributed by atoms with Crippen molar-refractivity contribution >= 4 is 20.7 Å². The molecule has 0 aromatic rings. The first-order valence-electron chi connectivity index (χ1n) is 8.07. The van der Waals surface area contributed by atoms with E-state index < -0.39 is 13.3 Å². The van der Waals surface area contributed by atoms with Gasteiger partial charge in [0.05, 0.1) is 0 Å². The molecule has 2 aliphatic rings.